The van der Waals surface area contributed by atoms with Gasteiger partial charge in [-0.05, 0) is 68.6 Å². The fourth-order valence-electron chi connectivity index (χ4n) is 3.84. The number of primary amides is 1. The minimum Gasteiger partial charge on any atom is -0.369 e. The summed E-state index contributed by atoms with van der Waals surface area (Å²) in [6.45, 7) is 9.20. The van der Waals surface area contributed by atoms with Gasteiger partial charge >= 0.3 is 0 Å². The van der Waals surface area contributed by atoms with Gasteiger partial charge < -0.3 is 10.6 Å². The number of carbonyl (C=O) groups excluding carboxylic acids is 1. The number of nitrogens with zero attached hydrogens (tertiary/aromatic N) is 2. The minimum atomic E-state index is -3.66. The second-order valence-electron chi connectivity index (χ2n) is 8.11. The van der Waals surface area contributed by atoms with Crippen molar-refractivity contribution in [3.05, 3.63) is 59.2 Å². The van der Waals surface area contributed by atoms with Crippen molar-refractivity contribution in [3.8, 4) is 0 Å². The SMILES string of the molecule is Cc1cccc(N2CCN(CCCCNS(=O)(=O)c3ccc(C)c(C(N)=O)c3)CC2)c1. The first kappa shape index (κ1) is 23.2. The molecule has 1 heterocycles. The van der Waals surface area contributed by atoms with Gasteiger partial charge in [-0.15, -0.1) is 0 Å². The molecule has 7 nitrogen and oxygen atoms in total. The third-order valence-electron chi connectivity index (χ3n) is 5.72. The lowest BCUT2D eigenvalue weighted by atomic mass is 10.1. The van der Waals surface area contributed by atoms with Crippen LogP contribution >= 0.6 is 0 Å². The molecule has 0 unspecified atom stereocenters. The zero-order chi connectivity index (χ0) is 22.4. The molecule has 0 spiro atoms. The summed E-state index contributed by atoms with van der Waals surface area (Å²) >= 11 is 0. The highest BCUT2D eigenvalue weighted by Crippen LogP contribution is 2.18. The fourth-order valence-corrected chi connectivity index (χ4v) is 4.94. The molecule has 2 aromatic rings. The Balaban J connectivity index is 1.40. The van der Waals surface area contributed by atoms with Crippen LogP contribution in [0.3, 0.4) is 0 Å². The average Bonchev–Trinajstić information content (AvgIpc) is 2.74. The highest BCUT2D eigenvalue weighted by atomic mass is 32.2. The van der Waals surface area contributed by atoms with Crippen LogP contribution in [0.5, 0.6) is 0 Å². The Labute approximate surface area is 185 Å². The van der Waals surface area contributed by atoms with Crippen LogP contribution in [0.25, 0.3) is 0 Å². The molecule has 1 aliphatic rings. The number of benzene rings is 2. The van der Waals surface area contributed by atoms with Crippen molar-refractivity contribution in [2.45, 2.75) is 31.6 Å². The second-order valence-corrected chi connectivity index (χ2v) is 9.88. The molecule has 1 amide bonds. The number of rotatable bonds is 9. The molecule has 2 aromatic carbocycles. The summed E-state index contributed by atoms with van der Waals surface area (Å²) in [6, 6.07) is 13.0. The molecule has 3 rings (SSSR count). The lowest BCUT2D eigenvalue weighted by Gasteiger charge is -2.36. The summed E-state index contributed by atoms with van der Waals surface area (Å²) in [5.41, 5.74) is 8.77. The van der Waals surface area contributed by atoms with Gasteiger partial charge in [0.1, 0.15) is 0 Å². The van der Waals surface area contributed by atoms with Crippen LogP contribution in [-0.2, 0) is 10.0 Å². The van der Waals surface area contributed by atoms with Crippen molar-refractivity contribution in [3.63, 3.8) is 0 Å². The summed E-state index contributed by atoms with van der Waals surface area (Å²) in [7, 11) is -3.66. The first-order valence-electron chi connectivity index (χ1n) is 10.7. The van der Waals surface area contributed by atoms with E-state index in [2.05, 4.69) is 45.7 Å². The van der Waals surface area contributed by atoms with Gasteiger partial charge in [0.05, 0.1) is 4.90 Å². The Morgan fingerprint density at radius 1 is 1.03 bits per heavy atom. The van der Waals surface area contributed by atoms with Crippen molar-refractivity contribution < 1.29 is 13.2 Å². The highest BCUT2D eigenvalue weighted by Gasteiger charge is 2.18. The van der Waals surface area contributed by atoms with Crippen LogP contribution < -0.4 is 15.4 Å². The summed E-state index contributed by atoms with van der Waals surface area (Å²) in [6.07, 6.45) is 1.68. The van der Waals surface area contributed by atoms with Crippen LogP contribution in [-0.4, -0.2) is 58.5 Å². The van der Waals surface area contributed by atoms with E-state index in [1.54, 1.807) is 13.0 Å². The number of aryl methyl sites for hydroxylation is 2. The standard InChI is InChI=1S/C23H32N4O3S/c1-18-6-5-7-20(16-18)27-14-12-26(13-15-27)11-4-3-10-25-31(29,30)21-9-8-19(2)22(17-21)23(24)28/h5-9,16-17,25H,3-4,10-15H2,1-2H3,(H2,24,28). The van der Waals surface area contributed by atoms with E-state index in [-0.39, 0.29) is 10.5 Å². The maximum absolute atomic E-state index is 12.5. The van der Waals surface area contributed by atoms with Crippen LogP contribution in [0, 0.1) is 13.8 Å². The van der Waals surface area contributed by atoms with Crippen LogP contribution in [0.4, 0.5) is 5.69 Å². The van der Waals surface area contributed by atoms with Gasteiger partial charge in [-0.3, -0.25) is 9.69 Å². The number of carbonyl (C=O) groups is 1. The number of hydrogen-bond acceptors (Lipinski definition) is 5. The van der Waals surface area contributed by atoms with E-state index in [1.165, 1.54) is 23.4 Å². The molecule has 1 aliphatic heterocycles. The fraction of sp³-hybridized carbons (Fsp3) is 0.435. The van der Waals surface area contributed by atoms with E-state index >= 15 is 0 Å². The van der Waals surface area contributed by atoms with Gasteiger partial charge in [0, 0.05) is 44.0 Å². The van der Waals surface area contributed by atoms with E-state index in [0.717, 1.165) is 45.6 Å². The van der Waals surface area contributed by atoms with Crippen molar-refractivity contribution in [1.29, 1.82) is 0 Å². The van der Waals surface area contributed by atoms with Gasteiger partial charge in [-0.1, -0.05) is 18.2 Å². The lowest BCUT2D eigenvalue weighted by Crippen LogP contribution is -2.46. The second kappa shape index (κ2) is 10.3. The third kappa shape index (κ3) is 6.29. The normalized spacial score (nSPS) is 15.2. The van der Waals surface area contributed by atoms with Gasteiger partial charge in [0.15, 0.2) is 0 Å². The topological polar surface area (TPSA) is 95.7 Å². The third-order valence-corrected chi connectivity index (χ3v) is 7.18. The predicted octanol–water partition coefficient (Wildman–Crippen LogP) is 2.28. The van der Waals surface area contributed by atoms with Crippen molar-refractivity contribution in [1.82, 2.24) is 9.62 Å². The zero-order valence-electron chi connectivity index (χ0n) is 18.3. The maximum atomic E-state index is 12.5. The molecule has 0 bridgehead atoms. The van der Waals surface area contributed by atoms with E-state index < -0.39 is 15.9 Å². The number of hydrogen-bond donors (Lipinski definition) is 2. The first-order chi connectivity index (χ1) is 14.8. The van der Waals surface area contributed by atoms with Gasteiger partial charge in [0.2, 0.25) is 15.9 Å². The molecule has 168 valence electrons. The van der Waals surface area contributed by atoms with Crippen molar-refractivity contribution >= 4 is 21.6 Å². The van der Waals surface area contributed by atoms with E-state index in [1.807, 2.05) is 0 Å². The zero-order valence-corrected chi connectivity index (χ0v) is 19.1. The van der Waals surface area contributed by atoms with Crippen molar-refractivity contribution in [2.75, 3.05) is 44.2 Å². The Morgan fingerprint density at radius 3 is 2.45 bits per heavy atom. The minimum absolute atomic E-state index is 0.0687. The Morgan fingerprint density at radius 2 is 1.77 bits per heavy atom. The smallest absolute Gasteiger partial charge is 0.249 e. The van der Waals surface area contributed by atoms with E-state index in [9.17, 15) is 13.2 Å². The molecule has 8 heteroatoms. The molecule has 1 fully saturated rings. The predicted molar refractivity (Wildman–Crippen MR) is 124 cm³/mol. The van der Waals surface area contributed by atoms with Gasteiger partial charge in [0.25, 0.3) is 0 Å². The lowest BCUT2D eigenvalue weighted by molar-refractivity contribution is 0.0999. The Bertz CT molecular complexity index is 1020. The summed E-state index contributed by atoms with van der Waals surface area (Å²) in [4.78, 5) is 16.4. The summed E-state index contributed by atoms with van der Waals surface area (Å²) in [5.74, 6) is -0.628. The van der Waals surface area contributed by atoms with Gasteiger partial charge in [-0.2, -0.15) is 0 Å². The first-order valence-corrected chi connectivity index (χ1v) is 12.2. The van der Waals surface area contributed by atoms with Crippen LogP contribution in [0.15, 0.2) is 47.4 Å². The number of anilines is 1. The van der Waals surface area contributed by atoms with E-state index in [0.29, 0.717) is 12.1 Å². The molecule has 0 radical (unpaired) electrons. The molecule has 0 atom stereocenters. The molecule has 0 aromatic heterocycles. The van der Waals surface area contributed by atoms with Crippen LogP contribution in [0.1, 0.15) is 34.3 Å². The molecular weight excluding hydrogens is 412 g/mol. The molecule has 31 heavy (non-hydrogen) atoms. The highest BCUT2D eigenvalue weighted by molar-refractivity contribution is 7.89. The summed E-state index contributed by atoms with van der Waals surface area (Å²) < 4.78 is 27.6. The largest absolute Gasteiger partial charge is 0.369 e. The molecule has 0 saturated carbocycles. The number of nitrogens with two attached hydrogens (primary N) is 1. The number of nitrogens with one attached hydrogen (secondary N) is 1. The Kier molecular flexibility index (Phi) is 7.69. The molecular formula is C23H32N4O3S. The van der Waals surface area contributed by atoms with E-state index in [4.69, 9.17) is 5.73 Å². The number of unbranched alkanes of at least 4 members (excludes halogenated alkanes) is 1. The van der Waals surface area contributed by atoms with Crippen molar-refractivity contribution in [2.24, 2.45) is 5.73 Å². The summed E-state index contributed by atoms with van der Waals surface area (Å²) in [5, 5.41) is 0. The van der Waals surface area contributed by atoms with Crippen LogP contribution in [0.2, 0.25) is 0 Å². The van der Waals surface area contributed by atoms with Gasteiger partial charge in [-0.25, -0.2) is 13.1 Å². The number of sulfonamides is 1. The number of piperazine rings is 1. The molecule has 0 aliphatic carbocycles. The average molecular weight is 445 g/mol. The molecule has 1 saturated heterocycles. The number of amides is 1. The maximum Gasteiger partial charge on any atom is 0.249 e. The molecule has 3 N–H and O–H groups in total. The Hall–Kier alpha value is -2.42. The monoisotopic (exact) mass is 444 g/mol. The quantitative estimate of drug-likeness (QED) is 0.579.